The highest BCUT2D eigenvalue weighted by Gasteiger charge is 2.30. The molecule has 1 aromatic carbocycles. The molecule has 0 amide bonds. The summed E-state index contributed by atoms with van der Waals surface area (Å²) in [6, 6.07) is 4.70. The van der Waals surface area contributed by atoms with Gasteiger partial charge in [0.05, 0.1) is 5.69 Å². The Hall–Kier alpha value is -1.38. The summed E-state index contributed by atoms with van der Waals surface area (Å²) in [5.41, 5.74) is 1.23. The molecule has 1 aromatic rings. The lowest BCUT2D eigenvalue weighted by molar-refractivity contribution is 0.112. The van der Waals surface area contributed by atoms with Gasteiger partial charge in [-0.05, 0) is 36.3 Å². The van der Waals surface area contributed by atoms with E-state index in [-0.39, 0.29) is 5.82 Å². The van der Waals surface area contributed by atoms with Crippen LogP contribution in [0.5, 0.6) is 0 Å². The maximum absolute atomic E-state index is 14.0. The third-order valence-corrected chi connectivity index (χ3v) is 4.18. The van der Waals surface area contributed by atoms with Crippen LogP contribution in [-0.2, 0) is 0 Å². The number of hydrogen-bond donors (Lipinski definition) is 0. The van der Waals surface area contributed by atoms with E-state index in [1.54, 1.807) is 12.1 Å². The number of hydrogen-bond acceptors (Lipinski definition) is 2. The van der Waals surface area contributed by atoms with Crippen molar-refractivity contribution in [1.29, 1.82) is 0 Å². The summed E-state index contributed by atoms with van der Waals surface area (Å²) in [6.45, 7) is 8.42. The van der Waals surface area contributed by atoms with Crippen LogP contribution in [0.25, 0.3) is 0 Å². The van der Waals surface area contributed by atoms with E-state index in [1.807, 2.05) is 4.90 Å². The maximum atomic E-state index is 14.0. The number of benzene rings is 1. The Kier molecular flexibility index (Phi) is 3.93. The molecule has 3 heteroatoms. The fourth-order valence-corrected chi connectivity index (χ4v) is 2.93. The summed E-state index contributed by atoms with van der Waals surface area (Å²) in [5.74, 6) is 0.369. The van der Waals surface area contributed by atoms with E-state index in [0.717, 1.165) is 32.2 Å². The minimum atomic E-state index is -0.293. The topological polar surface area (TPSA) is 20.3 Å². The normalized spacial score (nSPS) is 17.6. The van der Waals surface area contributed by atoms with Crippen molar-refractivity contribution in [2.45, 2.75) is 33.6 Å². The number of anilines is 1. The van der Waals surface area contributed by atoms with Gasteiger partial charge < -0.3 is 4.90 Å². The number of carbonyl (C=O) groups is 1. The van der Waals surface area contributed by atoms with Crippen molar-refractivity contribution in [1.82, 2.24) is 0 Å². The Morgan fingerprint density at radius 3 is 2.42 bits per heavy atom. The van der Waals surface area contributed by atoms with Crippen LogP contribution in [0, 0.1) is 17.2 Å². The summed E-state index contributed by atoms with van der Waals surface area (Å²) in [4.78, 5) is 13.1. The van der Waals surface area contributed by atoms with E-state index in [2.05, 4.69) is 20.8 Å². The molecule has 0 saturated carbocycles. The highest BCUT2D eigenvalue weighted by Crippen LogP contribution is 2.36. The summed E-state index contributed by atoms with van der Waals surface area (Å²) >= 11 is 0. The molecule has 0 aromatic heterocycles. The van der Waals surface area contributed by atoms with Gasteiger partial charge in [0.25, 0.3) is 0 Å². The first-order chi connectivity index (χ1) is 8.93. The molecule has 0 aliphatic carbocycles. The molecule has 1 heterocycles. The monoisotopic (exact) mass is 263 g/mol. The molecule has 0 unspecified atom stereocenters. The van der Waals surface area contributed by atoms with Crippen LogP contribution in [0.15, 0.2) is 18.2 Å². The molecule has 1 fully saturated rings. The van der Waals surface area contributed by atoms with E-state index in [1.165, 1.54) is 6.07 Å². The van der Waals surface area contributed by atoms with Gasteiger partial charge in [0, 0.05) is 18.7 Å². The Labute approximate surface area is 114 Å². The molecule has 0 atom stereocenters. The molecule has 0 N–H and O–H groups in total. The summed E-state index contributed by atoms with van der Waals surface area (Å²) in [5, 5.41) is 0. The van der Waals surface area contributed by atoms with Crippen molar-refractivity contribution in [3.63, 3.8) is 0 Å². The van der Waals surface area contributed by atoms with Crippen molar-refractivity contribution in [3.8, 4) is 0 Å². The number of carbonyl (C=O) groups excluding carboxylic acids is 1. The number of aldehydes is 1. The second kappa shape index (κ2) is 5.32. The average molecular weight is 263 g/mol. The van der Waals surface area contributed by atoms with Crippen LogP contribution in [0.2, 0.25) is 0 Å². The molecular weight excluding hydrogens is 241 g/mol. The Morgan fingerprint density at radius 1 is 1.26 bits per heavy atom. The molecule has 2 nitrogen and oxygen atoms in total. The fourth-order valence-electron chi connectivity index (χ4n) is 2.93. The first-order valence-electron chi connectivity index (χ1n) is 6.92. The van der Waals surface area contributed by atoms with E-state index < -0.39 is 0 Å². The Morgan fingerprint density at radius 2 is 1.89 bits per heavy atom. The third kappa shape index (κ3) is 2.96. The van der Waals surface area contributed by atoms with Gasteiger partial charge in [0.1, 0.15) is 5.82 Å². The maximum Gasteiger partial charge on any atom is 0.152 e. The van der Waals surface area contributed by atoms with Crippen LogP contribution in [-0.4, -0.2) is 19.4 Å². The summed E-state index contributed by atoms with van der Waals surface area (Å²) in [7, 11) is 0. The van der Waals surface area contributed by atoms with E-state index in [0.29, 0.717) is 22.6 Å². The van der Waals surface area contributed by atoms with Crippen molar-refractivity contribution in [3.05, 3.63) is 29.6 Å². The number of halogens is 1. The minimum absolute atomic E-state index is 0.293. The van der Waals surface area contributed by atoms with Gasteiger partial charge in [-0.2, -0.15) is 0 Å². The van der Waals surface area contributed by atoms with Gasteiger partial charge >= 0.3 is 0 Å². The van der Waals surface area contributed by atoms with Crippen molar-refractivity contribution >= 4 is 12.0 Å². The third-order valence-electron chi connectivity index (χ3n) is 4.18. The Balaban J connectivity index is 2.16. The number of piperidine rings is 1. The van der Waals surface area contributed by atoms with Crippen LogP contribution < -0.4 is 4.90 Å². The van der Waals surface area contributed by atoms with E-state index in [4.69, 9.17) is 0 Å². The lowest BCUT2D eigenvalue weighted by Gasteiger charge is -2.40. The lowest BCUT2D eigenvalue weighted by atomic mass is 9.75. The lowest BCUT2D eigenvalue weighted by Crippen LogP contribution is -2.38. The minimum Gasteiger partial charge on any atom is -0.369 e. The number of nitrogens with zero attached hydrogens (tertiary/aromatic N) is 1. The van der Waals surface area contributed by atoms with Crippen LogP contribution in [0.1, 0.15) is 44.0 Å². The largest absolute Gasteiger partial charge is 0.369 e. The highest BCUT2D eigenvalue weighted by atomic mass is 19.1. The smallest absolute Gasteiger partial charge is 0.152 e. The average Bonchev–Trinajstić information content (AvgIpc) is 2.37. The van der Waals surface area contributed by atoms with Crippen LogP contribution in [0.3, 0.4) is 0 Å². The van der Waals surface area contributed by atoms with Gasteiger partial charge in [-0.25, -0.2) is 4.39 Å². The zero-order valence-corrected chi connectivity index (χ0v) is 11.9. The molecule has 1 saturated heterocycles. The number of para-hydroxylation sites is 1. The van der Waals surface area contributed by atoms with Crippen molar-refractivity contribution < 1.29 is 9.18 Å². The van der Waals surface area contributed by atoms with Gasteiger partial charge in [-0.3, -0.25) is 4.79 Å². The molecule has 0 spiro atoms. The Bertz CT molecular complexity index is 456. The van der Waals surface area contributed by atoms with Gasteiger partial charge in [-0.15, -0.1) is 0 Å². The first kappa shape index (κ1) is 14.0. The molecule has 0 radical (unpaired) electrons. The zero-order chi connectivity index (χ0) is 14.0. The van der Waals surface area contributed by atoms with Gasteiger partial charge in [0.2, 0.25) is 0 Å². The molecule has 104 valence electrons. The first-order valence-corrected chi connectivity index (χ1v) is 6.92. The molecule has 1 aliphatic heterocycles. The second-order valence-corrected chi connectivity index (χ2v) is 6.42. The standard InChI is InChI=1S/C16H22FNO/c1-16(2,3)13-7-9-18(10-8-13)15-12(11-19)5-4-6-14(15)17/h4-6,11,13H,7-10H2,1-3H3. The summed E-state index contributed by atoms with van der Waals surface area (Å²) in [6.07, 6.45) is 2.85. The van der Waals surface area contributed by atoms with E-state index >= 15 is 0 Å². The van der Waals surface area contributed by atoms with Crippen LogP contribution >= 0.6 is 0 Å². The van der Waals surface area contributed by atoms with Gasteiger partial charge in [0.15, 0.2) is 6.29 Å². The van der Waals surface area contributed by atoms with Crippen LogP contribution in [0.4, 0.5) is 10.1 Å². The van der Waals surface area contributed by atoms with Crippen molar-refractivity contribution in [2.75, 3.05) is 18.0 Å². The molecule has 1 aliphatic rings. The number of rotatable bonds is 2. The quantitative estimate of drug-likeness (QED) is 0.754. The zero-order valence-electron chi connectivity index (χ0n) is 11.9. The SMILES string of the molecule is CC(C)(C)C1CCN(c2c(F)cccc2C=O)CC1. The molecule has 2 rings (SSSR count). The fraction of sp³-hybridized carbons (Fsp3) is 0.562. The molecular formula is C16H22FNO. The second-order valence-electron chi connectivity index (χ2n) is 6.42. The molecule has 0 bridgehead atoms. The van der Waals surface area contributed by atoms with Gasteiger partial charge in [-0.1, -0.05) is 26.8 Å². The summed E-state index contributed by atoms with van der Waals surface area (Å²) < 4.78 is 14.0. The molecule has 19 heavy (non-hydrogen) atoms. The predicted octanol–water partition coefficient (Wildman–Crippen LogP) is 3.90. The highest BCUT2D eigenvalue weighted by molar-refractivity contribution is 5.84. The van der Waals surface area contributed by atoms with E-state index in [9.17, 15) is 9.18 Å². The predicted molar refractivity (Wildman–Crippen MR) is 76.2 cm³/mol. The van der Waals surface area contributed by atoms with Crippen molar-refractivity contribution in [2.24, 2.45) is 11.3 Å².